The molecule has 24 heavy (non-hydrogen) atoms. The third kappa shape index (κ3) is 4.33. The molecule has 128 valence electrons. The van der Waals surface area contributed by atoms with Gasteiger partial charge in [0.15, 0.2) is 0 Å². The van der Waals surface area contributed by atoms with E-state index in [4.69, 9.17) is 10.5 Å². The zero-order chi connectivity index (χ0) is 17.7. The number of nitrogen functional groups attached to an aromatic ring is 1. The first-order chi connectivity index (χ1) is 11.3. The number of esters is 1. The molecule has 7 heteroatoms. The van der Waals surface area contributed by atoms with Gasteiger partial charge in [-0.1, -0.05) is 29.8 Å². The van der Waals surface area contributed by atoms with Crippen molar-refractivity contribution in [2.75, 3.05) is 12.3 Å². The Morgan fingerprint density at radius 3 is 2.46 bits per heavy atom. The summed E-state index contributed by atoms with van der Waals surface area (Å²) in [5.41, 5.74) is 7.52. The molecule has 0 aliphatic heterocycles. The van der Waals surface area contributed by atoms with Crippen LogP contribution in [0.15, 0.2) is 53.4 Å². The zero-order valence-electron chi connectivity index (χ0n) is 13.5. The van der Waals surface area contributed by atoms with Crippen molar-refractivity contribution in [3.63, 3.8) is 0 Å². The average Bonchev–Trinajstić information content (AvgIpc) is 2.53. The minimum atomic E-state index is -3.89. The number of ether oxygens (including phenoxy) is 1. The summed E-state index contributed by atoms with van der Waals surface area (Å²) in [4.78, 5) is 12.3. The van der Waals surface area contributed by atoms with Crippen LogP contribution < -0.4 is 10.5 Å². The van der Waals surface area contributed by atoms with Crippen LogP contribution in [0.1, 0.15) is 24.1 Å². The molecule has 1 atom stereocenters. The number of carbonyl (C=O) groups excluding carboxylic acids is 1. The Labute approximate surface area is 141 Å². The molecule has 0 saturated heterocycles. The number of anilines is 1. The molecule has 2 aromatic rings. The van der Waals surface area contributed by atoms with Crippen molar-refractivity contribution in [3.05, 3.63) is 59.7 Å². The molecular formula is C17H20N2O4S. The molecule has 0 spiro atoms. The molecule has 0 aliphatic rings. The number of sulfonamides is 1. The number of aryl methyl sites for hydroxylation is 1. The molecule has 0 fully saturated rings. The van der Waals surface area contributed by atoms with Crippen molar-refractivity contribution in [2.45, 2.75) is 24.8 Å². The summed E-state index contributed by atoms with van der Waals surface area (Å²) in [5, 5.41) is 0. The zero-order valence-corrected chi connectivity index (χ0v) is 14.3. The van der Waals surface area contributed by atoms with E-state index >= 15 is 0 Å². The van der Waals surface area contributed by atoms with E-state index in [0.717, 1.165) is 5.56 Å². The van der Waals surface area contributed by atoms with E-state index < -0.39 is 22.0 Å². The maximum atomic E-state index is 12.6. The lowest BCUT2D eigenvalue weighted by atomic mass is 10.1. The standard InChI is InChI=1S/C17H20N2O4S/c1-3-23-17(20)16(13-5-4-6-14(18)11-13)19-24(21,22)15-9-7-12(2)8-10-15/h4-11,16,19H,3,18H2,1-2H3. The summed E-state index contributed by atoms with van der Waals surface area (Å²) in [6.07, 6.45) is 0. The van der Waals surface area contributed by atoms with Crippen LogP contribution in [-0.4, -0.2) is 21.0 Å². The van der Waals surface area contributed by atoms with Crippen LogP contribution in [0.2, 0.25) is 0 Å². The number of carbonyl (C=O) groups is 1. The van der Waals surface area contributed by atoms with Gasteiger partial charge in [-0.05, 0) is 43.7 Å². The predicted octanol–water partition coefficient (Wildman–Crippen LogP) is 2.16. The van der Waals surface area contributed by atoms with Crippen molar-refractivity contribution in [1.29, 1.82) is 0 Å². The first kappa shape index (κ1) is 18.0. The van der Waals surface area contributed by atoms with Gasteiger partial charge in [-0.3, -0.25) is 0 Å². The van der Waals surface area contributed by atoms with Crippen LogP contribution in [0, 0.1) is 6.92 Å². The Morgan fingerprint density at radius 1 is 1.21 bits per heavy atom. The van der Waals surface area contributed by atoms with E-state index in [1.54, 1.807) is 43.3 Å². The van der Waals surface area contributed by atoms with Gasteiger partial charge < -0.3 is 10.5 Å². The number of nitrogens with one attached hydrogen (secondary N) is 1. The molecule has 3 N–H and O–H groups in total. The molecule has 6 nitrogen and oxygen atoms in total. The number of rotatable bonds is 6. The van der Waals surface area contributed by atoms with E-state index in [1.165, 1.54) is 12.1 Å². The van der Waals surface area contributed by atoms with E-state index in [2.05, 4.69) is 4.72 Å². The van der Waals surface area contributed by atoms with E-state index in [9.17, 15) is 13.2 Å². The summed E-state index contributed by atoms with van der Waals surface area (Å²) in [7, 11) is -3.89. The minimum absolute atomic E-state index is 0.0753. The van der Waals surface area contributed by atoms with Crippen LogP contribution in [0.4, 0.5) is 5.69 Å². The maximum Gasteiger partial charge on any atom is 0.328 e. The monoisotopic (exact) mass is 348 g/mol. The van der Waals surface area contributed by atoms with E-state index in [1.807, 2.05) is 6.92 Å². The molecule has 1 unspecified atom stereocenters. The second kappa shape index (κ2) is 7.46. The molecule has 0 amide bonds. The van der Waals surface area contributed by atoms with Crippen LogP contribution >= 0.6 is 0 Å². The lowest BCUT2D eigenvalue weighted by molar-refractivity contribution is -0.145. The Hall–Kier alpha value is -2.38. The molecule has 0 heterocycles. The van der Waals surface area contributed by atoms with Crippen LogP contribution in [0.5, 0.6) is 0 Å². The smallest absolute Gasteiger partial charge is 0.328 e. The summed E-state index contributed by atoms with van der Waals surface area (Å²) in [5.74, 6) is -0.682. The van der Waals surface area contributed by atoms with Gasteiger partial charge >= 0.3 is 5.97 Å². The first-order valence-electron chi connectivity index (χ1n) is 7.44. The summed E-state index contributed by atoms with van der Waals surface area (Å²) in [6.45, 7) is 3.66. The quantitative estimate of drug-likeness (QED) is 0.616. The highest BCUT2D eigenvalue weighted by atomic mass is 32.2. The lowest BCUT2D eigenvalue weighted by Crippen LogP contribution is -2.35. The molecule has 0 bridgehead atoms. The molecular weight excluding hydrogens is 328 g/mol. The van der Waals surface area contributed by atoms with Gasteiger partial charge in [0, 0.05) is 5.69 Å². The third-order valence-electron chi connectivity index (χ3n) is 3.37. The summed E-state index contributed by atoms with van der Waals surface area (Å²) in [6, 6.07) is 11.6. The summed E-state index contributed by atoms with van der Waals surface area (Å²) < 4.78 is 32.5. The third-order valence-corrected chi connectivity index (χ3v) is 4.81. The Morgan fingerprint density at radius 2 is 1.88 bits per heavy atom. The van der Waals surface area contributed by atoms with Crippen molar-refractivity contribution in [1.82, 2.24) is 4.72 Å². The predicted molar refractivity (Wildman–Crippen MR) is 91.7 cm³/mol. The Bertz CT molecular complexity index is 817. The molecule has 2 aromatic carbocycles. The Balaban J connectivity index is 2.37. The number of nitrogens with two attached hydrogens (primary N) is 1. The number of benzene rings is 2. The van der Waals surface area contributed by atoms with Crippen LogP contribution in [0.3, 0.4) is 0 Å². The maximum absolute atomic E-state index is 12.6. The SMILES string of the molecule is CCOC(=O)C(NS(=O)(=O)c1ccc(C)cc1)c1cccc(N)c1. The molecule has 0 aromatic heterocycles. The fraction of sp³-hybridized carbons (Fsp3) is 0.235. The van der Waals surface area contributed by atoms with Crippen LogP contribution in [-0.2, 0) is 19.6 Å². The Kier molecular flexibility index (Phi) is 5.58. The topological polar surface area (TPSA) is 98.5 Å². The van der Waals surface area contributed by atoms with Crippen LogP contribution in [0.25, 0.3) is 0 Å². The van der Waals surface area contributed by atoms with Gasteiger partial charge in [-0.25, -0.2) is 13.2 Å². The van der Waals surface area contributed by atoms with Crippen molar-refractivity contribution in [3.8, 4) is 0 Å². The van der Waals surface area contributed by atoms with Gasteiger partial charge in [-0.2, -0.15) is 4.72 Å². The largest absolute Gasteiger partial charge is 0.465 e. The van der Waals surface area contributed by atoms with Crippen molar-refractivity contribution >= 4 is 21.7 Å². The second-order valence-electron chi connectivity index (χ2n) is 5.29. The number of hydrogen-bond donors (Lipinski definition) is 2. The molecule has 2 rings (SSSR count). The highest BCUT2D eigenvalue weighted by Crippen LogP contribution is 2.21. The average molecular weight is 348 g/mol. The van der Waals surface area contributed by atoms with Gasteiger partial charge in [-0.15, -0.1) is 0 Å². The summed E-state index contributed by atoms with van der Waals surface area (Å²) >= 11 is 0. The normalized spacial score (nSPS) is 12.6. The highest BCUT2D eigenvalue weighted by Gasteiger charge is 2.28. The lowest BCUT2D eigenvalue weighted by Gasteiger charge is -2.18. The fourth-order valence-electron chi connectivity index (χ4n) is 2.16. The van der Waals surface area contributed by atoms with Gasteiger partial charge in [0.25, 0.3) is 0 Å². The molecule has 0 radical (unpaired) electrons. The molecule has 0 aliphatic carbocycles. The second-order valence-corrected chi connectivity index (χ2v) is 7.00. The van der Waals surface area contributed by atoms with E-state index in [0.29, 0.717) is 11.3 Å². The first-order valence-corrected chi connectivity index (χ1v) is 8.93. The van der Waals surface area contributed by atoms with Gasteiger partial charge in [0.1, 0.15) is 6.04 Å². The molecule has 0 saturated carbocycles. The number of hydrogen-bond acceptors (Lipinski definition) is 5. The van der Waals surface area contributed by atoms with Crippen molar-refractivity contribution < 1.29 is 17.9 Å². The highest BCUT2D eigenvalue weighted by molar-refractivity contribution is 7.89. The van der Waals surface area contributed by atoms with Crippen molar-refractivity contribution in [2.24, 2.45) is 0 Å². The fourth-order valence-corrected chi connectivity index (χ4v) is 3.33. The van der Waals surface area contributed by atoms with E-state index in [-0.39, 0.29) is 11.5 Å². The van der Waals surface area contributed by atoms with Gasteiger partial charge in [0.05, 0.1) is 11.5 Å². The van der Waals surface area contributed by atoms with Gasteiger partial charge in [0.2, 0.25) is 10.0 Å². The minimum Gasteiger partial charge on any atom is -0.465 e.